The molecule has 6 heteroatoms. The highest BCUT2D eigenvalue weighted by Gasteiger charge is 2.56. The van der Waals surface area contributed by atoms with Crippen molar-refractivity contribution < 1.29 is 19.1 Å². The Hall–Kier alpha value is -1.14. The van der Waals surface area contributed by atoms with Crippen LogP contribution in [0.4, 0.5) is 0 Å². The van der Waals surface area contributed by atoms with Crippen LogP contribution in [0, 0.1) is 11.8 Å². The number of piperazine rings is 1. The molecule has 3 rings (SSSR count). The Morgan fingerprint density at radius 3 is 2.52 bits per heavy atom. The maximum atomic E-state index is 12.8. The number of hydrogen-bond acceptors (Lipinski definition) is 5. The molecule has 21 heavy (non-hydrogen) atoms. The van der Waals surface area contributed by atoms with Gasteiger partial charge in [-0.05, 0) is 19.3 Å². The quantitative estimate of drug-likeness (QED) is 0.749. The van der Waals surface area contributed by atoms with E-state index in [0.717, 1.165) is 32.4 Å². The minimum atomic E-state index is -0.405. The van der Waals surface area contributed by atoms with Crippen LogP contribution in [-0.2, 0) is 19.1 Å². The van der Waals surface area contributed by atoms with Crippen molar-refractivity contribution in [2.24, 2.45) is 11.8 Å². The van der Waals surface area contributed by atoms with E-state index in [1.165, 1.54) is 0 Å². The fourth-order valence-corrected chi connectivity index (χ4v) is 3.69. The number of carbonyl (C=O) groups excluding carboxylic acids is 2. The average Bonchev–Trinajstić information content (AvgIpc) is 3.13. The van der Waals surface area contributed by atoms with Crippen LogP contribution >= 0.6 is 0 Å². The Bertz CT molecular complexity index is 408. The average molecular weight is 296 g/mol. The van der Waals surface area contributed by atoms with E-state index in [1.807, 2.05) is 11.8 Å². The van der Waals surface area contributed by atoms with Gasteiger partial charge >= 0.3 is 5.97 Å². The van der Waals surface area contributed by atoms with Gasteiger partial charge in [-0.25, -0.2) is 0 Å². The molecule has 1 amide bonds. The molecule has 3 fully saturated rings. The first-order valence-corrected chi connectivity index (χ1v) is 8.04. The van der Waals surface area contributed by atoms with Gasteiger partial charge in [-0.2, -0.15) is 0 Å². The second-order valence-electron chi connectivity index (χ2n) is 6.08. The number of fused-ring (bicyclic) bond motifs is 2. The van der Waals surface area contributed by atoms with Gasteiger partial charge in [0.05, 0.1) is 30.7 Å². The molecule has 0 aromatic heterocycles. The van der Waals surface area contributed by atoms with Crippen LogP contribution in [0.15, 0.2) is 0 Å². The lowest BCUT2D eigenvalue weighted by Gasteiger charge is -2.33. The Morgan fingerprint density at radius 1 is 1.19 bits per heavy atom. The first-order chi connectivity index (χ1) is 10.2. The monoisotopic (exact) mass is 296 g/mol. The predicted octanol–water partition coefficient (Wildman–Crippen LogP) is 0.165. The maximum Gasteiger partial charge on any atom is 0.312 e. The Balaban J connectivity index is 1.71. The zero-order chi connectivity index (χ0) is 14.8. The van der Waals surface area contributed by atoms with E-state index < -0.39 is 5.92 Å². The van der Waals surface area contributed by atoms with Gasteiger partial charge in [0.2, 0.25) is 5.91 Å². The van der Waals surface area contributed by atoms with E-state index in [-0.39, 0.29) is 30.0 Å². The van der Waals surface area contributed by atoms with E-state index in [1.54, 1.807) is 0 Å². The summed E-state index contributed by atoms with van der Waals surface area (Å²) < 4.78 is 11.1. The number of ether oxygens (including phenoxy) is 2. The van der Waals surface area contributed by atoms with E-state index in [0.29, 0.717) is 19.7 Å². The van der Waals surface area contributed by atoms with Gasteiger partial charge < -0.3 is 19.7 Å². The summed E-state index contributed by atoms with van der Waals surface area (Å²) in [6.45, 7) is 5.44. The lowest BCUT2D eigenvalue weighted by Crippen LogP contribution is -2.52. The number of nitrogens with zero attached hydrogens (tertiary/aromatic N) is 1. The highest BCUT2D eigenvalue weighted by Crippen LogP contribution is 2.44. The lowest BCUT2D eigenvalue weighted by atomic mass is 9.78. The summed E-state index contributed by atoms with van der Waals surface area (Å²) in [6, 6.07) is 0. The lowest BCUT2D eigenvalue weighted by molar-refractivity contribution is -0.156. The molecule has 3 aliphatic heterocycles. The van der Waals surface area contributed by atoms with Crippen molar-refractivity contribution in [3.63, 3.8) is 0 Å². The minimum absolute atomic E-state index is 0.0714. The van der Waals surface area contributed by atoms with Crippen molar-refractivity contribution in [3.8, 4) is 0 Å². The van der Waals surface area contributed by atoms with Crippen LogP contribution in [0.2, 0.25) is 0 Å². The van der Waals surface area contributed by atoms with E-state index in [9.17, 15) is 9.59 Å². The van der Waals surface area contributed by atoms with Crippen LogP contribution in [0.1, 0.15) is 26.2 Å². The molecule has 0 aliphatic carbocycles. The highest BCUT2D eigenvalue weighted by molar-refractivity contribution is 5.87. The topological polar surface area (TPSA) is 67.9 Å². The fraction of sp³-hybridized carbons (Fsp3) is 0.867. The van der Waals surface area contributed by atoms with Crippen molar-refractivity contribution in [1.82, 2.24) is 10.2 Å². The summed E-state index contributed by atoms with van der Waals surface area (Å²) in [4.78, 5) is 27.0. The maximum absolute atomic E-state index is 12.8. The van der Waals surface area contributed by atoms with Crippen molar-refractivity contribution in [3.05, 3.63) is 0 Å². The van der Waals surface area contributed by atoms with Crippen molar-refractivity contribution >= 4 is 11.9 Å². The second kappa shape index (κ2) is 6.32. The van der Waals surface area contributed by atoms with Crippen LogP contribution in [-0.4, -0.2) is 61.8 Å². The molecule has 3 aliphatic rings. The normalized spacial score (nSPS) is 35.0. The largest absolute Gasteiger partial charge is 0.465 e. The Morgan fingerprint density at radius 2 is 1.86 bits per heavy atom. The van der Waals surface area contributed by atoms with Gasteiger partial charge in [0.1, 0.15) is 0 Å². The number of amides is 1. The molecule has 3 heterocycles. The summed E-state index contributed by atoms with van der Waals surface area (Å²) >= 11 is 0. The molecule has 2 bridgehead atoms. The highest BCUT2D eigenvalue weighted by atomic mass is 16.5. The van der Waals surface area contributed by atoms with Gasteiger partial charge in [-0.15, -0.1) is 0 Å². The second-order valence-corrected chi connectivity index (χ2v) is 6.08. The molecular formula is C15H24N2O4. The summed E-state index contributed by atoms with van der Waals surface area (Å²) in [7, 11) is 0. The van der Waals surface area contributed by atoms with E-state index in [2.05, 4.69) is 5.32 Å². The fourth-order valence-electron chi connectivity index (χ4n) is 3.69. The number of carbonyl (C=O) groups is 2. The Kier molecular flexibility index (Phi) is 4.45. The molecule has 6 nitrogen and oxygen atoms in total. The molecule has 0 aromatic carbocycles. The molecule has 118 valence electrons. The number of rotatable bonds is 4. The third-order valence-electron chi connectivity index (χ3n) is 4.71. The van der Waals surface area contributed by atoms with Crippen LogP contribution in [0.3, 0.4) is 0 Å². The smallest absolute Gasteiger partial charge is 0.312 e. The molecule has 3 saturated heterocycles. The summed E-state index contributed by atoms with van der Waals surface area (Å²) in [5.74, 6) is -0.927. The van der Waals surface area contributed by atoms with Crippen LogP contribution < -0.4 is 5.32 Å². The van der Waals surface area contributed by atoms with E-state index >= 15 is 0 Å². The predicted molar refractivity (Wildman–Crippen MR) is 75.6 cm³/mol. The molecule has 1 N–H and O–H groups in total. The van der Waals surface area contributed by atoms with Crippen molar-refractivity contribution in [1.29, 1.82) is 0 Å². The molecule has 0 spiro atoms. The standard InChI is InChI=1S/C15H24N2O4/c1-2-9-20-15(19)13-11-4-3-10(21-11)12(13)14(18)17-7-5-16-6-8-17/h10-13,16H,2-9H2,1H3/t10-,11+,12-,13+/m0/s1. The molecule has 0 saturated carbocycles. The van der Waals surface area contributed by atoms with Gasteiger partial charge in [0.25, 0.3) is 0 Å². The third-order valence-corrected chi connectivity index (χ3v) is 4.71. The SMILES string of the molecule is CCCOC(=O)[C@H]1[C@@H](C(=O)N2CCNCC2)[C@@H]2CC[C@H]1O2. The first kappa shape index (κ1) is 14.8. The molecule has 0 unspecified atom stereocenters. The molecule has 4 atom stereocenters. The zero-order valence-electron chi connectivity index (χ0n) is 12.5. The van der Waals surface area contributed by atoms with Crippen LogP contribution in [0.25, 0.3) is 0 Å². The zero-order valence-corrected chi connectivity index (χ0v) is 12.5. The number of nitrogens with one attached hydrogen (secondary N) is 1. The van der Waals surface area contributed by atoms with Gasteiger partial charge in [-0.1, -0.05) is 6.92 Å². The molecule has 0 aromatic rings. The number of esters is 1. The van der Waals surface area contributed by atoms with Gasteiger partial charge in [0, 0.05) is 26.2 Å². The van der Waals surface area contributed by atoms with Crippen LogP contribution in [0.5, 0.6) is 0 Å². The summed E-state index contributed by atoms with van der Waals surface area (Å²) in [6.07, 6.45) is 2.31. The number of hydrogen-bond donors (Lipinski definition) is 1. The van der Waals surface area contributed by atoms with Crippen molar-refractivity contribution in [2.45, 2.75) is 38.4 Å². The third kappa shape index (κ3) is 2.79. The molecular weight excluding hydrogens is 272 g/mol. The van der Waals surface area contributed by atoms with Gasteiger partial charge in [0.15, 0.2) is 0 Å². The summed E-state index contributed by atoms with van der Waals surface area (Å²) in [5.41, 5.74) is 0. The molecule has 0 radical (unpaired) electrons. The minimum Gasteiger partial charge on any atom is -0.465 e. The van der Waals surface area contributed by atoms with Gasteiger partial charge in [-0.3, -0.25) is 9.59 Å². The van der Waals surface area contributed by atoms with Crippen molar-refractivity contribution in [2.75, 3.05) is 32.8 Å². The van der Waals surface area contributed by atoms with E-state index in [4.69, 9.17) is 9.47 Å². The summed E-state index contributed by atoms with van der Waals surface area (Å²) in [5, 5.41) is 3.24. The first-order valence-electron chi connectivity index (χ1n) is 8.04. The Labute approximate surface area is 125 Å².